The minimum Gasteiger partial charge on any atom is -0.497 e. The molecule has 0 aromatic heterocycles. The lowest BCUT2D eigenvalue weighted by atomic mass is 10.1. The zero-order valence-corrected chi connectivity index (χ0v) is 13.4. The summed E-state index contributed by atoms with van der Waals surface area (Å²) in [4.78, 5) is 12.2. The van der Waals surface area contributed by atoms with Crippen molar-refractivity contribution in [2.75, 3.05) is 12.4 Å². The number of ketones is 1. The Morgan fingerprint density at radius 3 is 2.32 bits per heavy atom. The number of rotatable bonds is 5. The van der Waals surface area contributed by atoms with Crippen LogP contribution in [0.4, 0.5) is 5.69 Å². The maximum Gasteiger partial charge on any atom is 0.187 e. The summed E-state index contributed by atoms with van der Waals surface area (Å²) < 4.78 is 5.09. The van der Waals surface area contributed by atoms with Crippen molar-refractivity contribution in [2.24, 2.45) is 0 Å². The van der Waals surface area contributed by atoms with E-state index in [2.05, 4.69) is 31.3 Å². The summed E-state index contributed by atoms with van der Waals surface area (Å²) in [7, 11) is 1.61. The predicted octanol–water partition coefficient (Wildman–Crippen LogP) is 4.51. The van der Waals surface area contributed by atoms with Gasteiger partial charge in [-0.3, -0.25) is 4.79 Å². The Balaban J connectivity index is 2.09. The SMILES string of the molecule is COc1ccc(C(=O)/C=C(\C)Nc2ccc(C)c(C)c2)cc1. The third-order valence-electron chi connectivity index (χ3n) is 3.57. The molecule has 0 saturated carbocycles. The number of allylic oxidation sites excluding steroid dienone is 2. The number of anilines is 1. The highest BCUT2D eigenvalue weighted by Gasteiger charge is 2.04. The van der Waals surface area contributed by atoms with Gasteiger partial charge in [-0.25, -0.2) is 0 Å². The third kappa shape index (κ3) is 3.98. The summed E-state index contributed by atoms with van der Waals surface area (Å²) in [6.07, 6.45) is 1.61. The molecule has 0 radical (unpaired) electrons. The molecule has 0 aliphatic rings. The van der Waals surface area contributed by atoms with Crippen molar-refractivity contribution in [3.05, 3.63) is 70.9 Å². The van der Waals surface area contributed by atoms with Gasteiger partial charge in [0.2, 0.25) is 0 Å². The van der Waals surface area contributed by atoms with E-state index in [1.807, 2.05) is 13.0 Å². The maximum atomic E-state index is 12.2. The molecule has 22 heavy (non-hydrogen) atoms. The second-order valence-corrected chi connectivity index (χ2v) is 5.34. The lowest BCUT2D eigenvalue weighted by Gasteiger charge is -2.09. The molecule has 0 atom stereocenters. The van der Waals surface area contributed by atoms with Gasteiger partial charge in [-0.2, -0.15) is 0 Å². The van der Waals surface area contributed by atoms with E-state index in [-0.39, 0.29) is 5.78 Å². The first-order valence-corrected chi connectivity index (χ1v) is 7.20. The molecule has 3 heteroatoms. The lowest BCUT2D eigenvalue weighted by molar-refractivity contribution is 0.104. The van der Waals surface area contributed by atoms with Crippen LogP contribution >= 0.6 is 0 Å². The van der Waals surface area contributed by atoms with Crippen molar-refractivity contribution in [2.45, 2.75) is 20.8 Å². The van der Waals surface area contributed by atoms with Crippen molar-refractivity contribution in [1.82, 2.24) is 0 Å². The largest absolute Gasteiger partial charge is 0.497 e. The van der Waals surface area contributed by atoms with Crippen molar-refractivity contribution in [1.29, 1.82) is 0 Å². The average Bonchev–Trinajstić information content (AvgIpc) is 2.51. The van der Waals surface area contributed by atoms with Gasteiger partial charge in [0.1, 0.15) is 5.75 Å². The minimum absolute atomic E-state index is 0.0310. The summed E-state index contributed by atoms with van der Waals surface area (Å²) in [6, 6.07) is 13.3. The van der Waals surface area contributed by atoms with Gasteiger partial charge >= 0.3 is 0 Å². The van der Waals surface area contributed by atoms with Crippen LogP contribution in [-0.4, -0.2) is 12.9 Å². The van der Waals surface area contributed by atoms with Gasteiger partial charge in [0.15, 0.2) is 5.78 Å². The molecular formula is C19H21NO2. The molecule has 2 rings (SSSR count). The van der Waals surface area contributed by atoms with E-state index in [4.69, 9.17) is 4.74 Å². The fourth-order valence-electron chi connectivity index (χ4n) is 2.12. The first-order valence-electron chi connectivity index (χ1n) is 7.20. The standard InChI is InChI=1S/C19H21NO2/c1-13-5-8-17(11-14(13)2)20-15(3)12-19(21)16-6-9-18(22-4)10-7-16/h5-12,20H,1-4H3/b15-12+. The number of hydrogen-bond acceptors (Lipinski definition) is 3. The van der Waals surface area contributed by atoms with Crippen molar-refractivity contribution >= 4 is 11.5 Å². The molecule has 0 aliphatic heterocycles. The third-order valence-corrected chi connectivity index (χ3v) is 3.57. The monoisotopic (exact) mass is 295 g/mol. The fraction of sp³-hybridized carbons (Fsp3) is 0.211. The van der Waals surface area contributed by atoms with Crippen LogP contribution in [0.2, 0.25) is 0 Å². The van der Waals surface area contributed by atoms with E-state index in [1.54, 1.807) is 37.5 Å². The van der Waals surface area contributed by atoms with Crippen LogP contribution in [0.1, 0.15) is 28.4 Å². The number of carbonyl (C=O) groups is 1. The normalized spacial score (nSPS) is 11.2. The van der Waals surface area contributed by atoms with Gasteiger partial charge in [-0.15, -0.1) is 0 Å². The first kappa shape index (κ1) is 15.8. The molecule has 0 aliphatic carbocycles. The molecule has 0 fully saturated rings. The number of ether oxygens (including phenoxy) is 1. The van der Waals surface area contributed by atoms with Crippen LogP contribution < -0.4 is 10.1 Å². The molecule has 2 aromatic rings. The van der Waals surface area contributed by atoms with Gasteiger partial charge < -0.3 is 10.1 Å². The quantitative estimate of drug-likeness (QED) is 0.651. The first-order chi connectivity index (χ1) is 10.5. The van der Waals surface area contributed by atoms with Gasteiger partial charge in [-0.05, 0) is 68.3 Å². The highest BCUT2D eigenvalue weighted by atomic mass is 16.5. The summed E-state index contributed by atoms with van der Waals surface area (Å²) in [6.45, 7) is 6.04. The number of nitrogens with one attached hydrogen (secondary N) is 1. The Hall–Kier alpha value is -2.55. The maximum absolute atomic E-state index is 12.2. The summed E-state index contributed by atoms with van der Waals surface area (Å²) in [5.74, 6) is 0.710. The molecule has 0 saturated heterocycles. The predicted molar refractivity (Wildman–Crippen MR) is 90.6 cm³/mol. The number of hydrogen-bond donors (Lipinski definition) is 1. The van der Waals surface area contributed by atoms with Gasteiger partial charge in [0.05, 0.1) is 7.11 Å². The molecule has 0 unspecified atom stereocenters. The van der Waals surface area contributed by atoms with Crippen LogP contribution in [0.5, 0.6) is 5.75 Å². The van der Waals surface area contributed by atoms with Crippen molar-refractivity contribution in [3.8, 4) is 5.75 Å². The molecule has 0 heterocycles. The Bertz CT molecular complexity index is 700. The van der Waals surface area contributed by atoms with Gasteiger partial charge in [0.25, 0.3) is 0 Å². The van der Waals surface area contributed by atoms with Gasteiger partial charge in [-0.1, -0.05) is 6.07 Å². The number of carbonyl (C=O) groups excluding carboxylic acids is 1. The van der Waals surface area contributed by atoms with Crippen LogP contribution in [0.15, 0.2) is 54.2 Å². The van der Waals surface area contributed by atoms with E-state index >= 15 is 0 Å². The molecule has 0 spiro atoms. The minimum atomic E-state index is -0.0310. The highest BCUT2D eigenvalue weighted by molar-refractivity contribution is 6.05. The average molecular weight is 295 g/mol. The second-order valence-electron chi connectivity index (χ2n) is 5.34. The van der Waals surface area contributed by atoms with E-state index in [0.29, 0.717) is 5.56 Å². The lowest BCUT2D eigenvalue weighted by Crippen LogP contribution is -2.02. The molecule has 1 N–H and O–H groups in total. The van der Waals surface area contributed by atoms with E-state index in [0.717, 1.165) is 17.1 Å². The number of methoxy groups -OCH3 is 1. The van der Waals surface area contributed by atoms with E-state index in [1.165, 1.54) is 11.1 Å². The molecule has 0 amide bonds. The number of benzene rings is 2. The molecule has 0 bridgehead atoms. The Kier molecular flexibility index (Phi) is 4.99. The number of aryl methyl sites for hydroxylation is 2. The summed E-state index contributed by atoms with van der Waals surface area (Å²) in [5, 5.41) is 3.25. The molecule has 3 nitrogen and oxygen atoms in total. The molecule has 114 valence electrons. The van der Waals surface area contributed by atoms with Crippen molar-refractivity contribution < 1.29 is 9.53 Å². The fourth-order valence-corrected chi connectivity index (χ4v) is 2.12. The molecular weight excluding hydrogens is 274 g/mol. The zero-order valence-electron chi connectivity index (χ0n) is 13.4. The van der Waals surface area contributed by atoms with Crippen LogP contribution in [0.3, 0.4) is 0 Å². The Labute approximate surface area is 131 Å². The summed E-state index contributed by atoms with van der Waals surface area (Å²) in [5.41, 5.74) is 4.91. The Morgan fingerprint density at radius 2 is 1.73 bits per heavy atom. The Morgan fingerprint density at radius 1 is 1.05 bits per heavy atom. The second kappa shape index (κ2) is 6.94. The van der Waals surface area contributed by atoms with E-state index < -0.39 is 0 Å². The van der Waals surface area contributed by atoms with E-state index in [9.17, 15) is 4.79 Å². The molecule has 2 aromatic carbocycles. The smallest absolute Gasteiger partial charge is 0.187 e. The summed E-state index contributed by atoms with van der Waals surface area (Å²) >= 11 is 0. The van der Waals surface area contributed by atoms with Crippen LogP contribution in [0.25, 0.3) is 0 Å². The highest BCUT2D eigenvalue weighted by Crippen LogP contribution is 2.17. The van der Waals surface area contributed by atoms with Crippen LogP contribution in [0, 0.1) is 13.8 Å². The van der Waals surface area contributed by atoms with Gasteiger partial charge in [0, 0.05) is 23.0 Å². The zero-order chi connectivity index (χ0) is 16.1. The van der Waals surface area contributed by atoms with Crippen molar-refractivity contribution in [3.63, 3.8) is 0 Å². The topological polar surface area (TPSA) is 38.3 Å². The van der Waals surface area contributed by atoms with Crippen LogP contribution in [-0.2, 0) is 0 Å².